The highest BCUT2D eigenvalue weighted by atomic mass is 32.2. The molecule has 0 spiro atoms. The van der Waals surface area contributed by atoms with Crippen LogP contribution in [-0.2, 0) is 41.5 Å². The van der Waals surface area contributed by atoms with Crippen molar-refractivity contribution in [3.05, 3.63) is 82.8 Å². The minimum Gasteiger partial charge on any atom is -0.489 e. The number of hydrogen-bond donors (Lipinski definition) is 0. The molecule has 4 rings (SSSR count). The molecule has 0 aliphatic heterocycles. The fraction of sp³-hybridized carbons (Fsp3) is 0.333. The Hall–Kier alpha value is -4.88. The standard InChI is InChI=1S/C30H26F9N5O5S/c1-47-25-24(14-42-27(43-25)48-2)23-5-4-19(28(31,32)33)10-18(23)16-44(26-40-12-22(13-41-26)49-6-7-50(3,45)46)15-17-8-20(29(34,35)36)11-21(9-17)30(37,38)39/h4-5,8-14H,6-7,15-16H2,1-3H3. The number of hydrogen-bond acceptors (Lipinski definition) is 10. The Morgan fingerprint density at radius 1 is 0.720 bits per heavy atom. The summed E-state index contributed by atoms with van der Waals surface area (Å²) < 4.78 is 162. The highest BCUT2D eigenvalue weighted by molar-refractivity contribution is 7.90. The Balaban J connectivity index is 1.87. The van der Waals surface area contributed by atoms with Gasteiger partial charge in [-0.1, -0.05) is 6.07 Å². The predicted octanol–water partition coefficient (Wildman–Crippen LogP) is 6.64. The normalized spacial score (nSPS) is 12.5. The molecule has 2 aromatic heterocycles. The molecular formula is C30H26F9N5O5S. The second kappa shape index (κ2) is 14.5. The number of sulfone groups is 1. The van der Waals surface area contributed by atoms with Crippen LogP contribution in [0.5, 0.6) is 17.6 Å². The summed E-state index contributed by atoms with van der Waals surface area (Å²) in [6, 6.07) is 3.31. The van der Waals surface area contributed by atoms with Crippen LogP contribution in [0.1, 0.15) is 27.8 Å². The van der Waals surface area contributed by atoms with Crippen LogP contribution in [0.4, 0.5) is 45.5 Å². The van der Waals surface area contributed by atoms with Crippen molar-refractivity contribution in [3.63, 3.8) is 0 Å². The van der Waals surface area contributed by atoms with Crippen molar-refractivity contribution in [1.82, 2.24) is 19.9 Å². The van der Waals surface area contributed by atoms with Gasteiger partial charge in [-0.15, -0.1) is 0 Å². The van der Waals surface area contributed by atoms with E-state index in [1.807, 2.05) is 0 Å². The summed E-state index contributed by atoms with van der Waals surface area (Å²) in [7, 11) is -0.920. The predicted molar refractivity (Wildman–Crippen MR) is 159 cm³/mol. The highest BCUT2D eigenvalue weighted by Crippen LogP contribution is 2.39. The number of halogens is 9. The topological polar surface area (TPSA) is 117 Å². The van der Waals surface area contributed by atoms with Crippen LogP contribution in [0.15, 0.2) is 55.0 Å². The number of alkyl halides is 9. The molecule has 0 atom stereocenters. The number of anilines is 1. The average molecular weight is 740 g/mol. The van der Waals surface area contributed by atoms with E-state index in [1.165, 1.54) is 20.4 Å². The molecule has 0 radical (unpaired) electrons. The van der Waals surface area contributed by atoms with Gasteiger partial charge < -0.3 is 19.1 Å². The minimum absolute atomic E-state index is 0.0457. The summed E-state index contributed by atoms with van der Waals surface area (Å²) >= 11 is 0. The first-order valence-electron chi connectivity index (χ1n) is 14.0. The number of ether oxygens (including phenoxy) is 3. The fourth-order valence-corrected chi connectivity index (χ4v) is 4.93. The van der Waals surface area contributed by atoms with E-state index in [-0.39, 0.29) is 58.7 Å². The quantitative estimate of drug-likeness (QED) is 0.147. The highest BCUT2D eigenvalue weighted by Gasteiger charge is 2.37. The van der Waals surface area contributed by atoms with Crippen LogP contribution >= 0.6 is 0 Å². The molecule has 0 aliphatic rings. The lowest BCUT2D eigenvalue weighted by Crippen LogP contribution is -2.26. The molecule has 0 saturated heterocycles. The average Bonchev–Trinajstić information content (AvgIpc) is 3.02. The molecule has 2 heterocycles. The van der Waals surface area contributed by atoms with Gasteiger partial charge in [0.15, 0.2) is 15.6 Å². The Morgan fingerprint density at radius 2 is 1.32 bits per heavy atom. The van der Waals surface area contributed by atoms with Gasteiger partial charge in [0.05, 0.1) is 54.6 Å². The summed E-state index contributed by atoms with van der Waals surface area (Å²) in [6.45, 7) is -1.66. The van der Waals surface area contributed by atoms with Crippen molar-refractivity contribution in [2.45, 2.75) is 31.6 Å². The number of benzene rings is 2. The summed E-state index contributed by atoms with van der Waals surface area (Å²) in [5, 5.41) is 0. The largest absolute Gasteiger partial charge is 0.489 e. The van der Waals surface area contributed by atoms with Crippen molar-refractivity contribution >= 4 is 15.8 Å². The Kier molecular flexibility index (Phi) is 11.0. The van der Waals surface area contributed by atoms with Gasteiger partial charge in [-0.3, -0.25) is 0 Å². The summed E-state index contributed by atoms with van der Waals surface area (Å²) in [4.78, 5) is 17.2. The molecule has 0 saturated carbocycles. The second-order valence-corrected chi connectivity index (χ2v) is 12.9. The lowest BCUT2D eigenvalue weighted by atomic mass is 9.97. The van der Waals surface area contributed by atoms with Gasteiger partial charge >= 0.3 is 24.5 Å². The molecule has 4 aromatic rings. The fourth-order valence-electron chi connectivity index (χ4n) is 4.55. The monoisotopic (exact) mass is 739 g/mol. The van der Waals surface area contributed by atoms with E-state index in [1.54, 1.807) is 0 Å². The van der Waals surface area contributed by atoms with Crippen molar-refractivity contribution in [2.75, 3.05) is 37.7 Å². The molecule has 0 N–H and O–H groups in total. The Labute approximate surface area is 278 Å². The molecule has 0 amide bonds. The zero-order valence-corrected chi connectivity index (χ0v) is 26.9. The molecule has 0 fully saturated rings. The SMILES string of the molecule is COc1ncc(-c2ccc(C(F)(F)F)cc2CN(Cc2cc(C(F)(F)F)cc(C(F)(F)F)c2)c2ncc(OCCS(C)(=O)=O)cn2)c(OC)n1. The number of rotatable bonds is 12. The van der Waals surface area contributed by atoms with Crippen LogP contribution in [-0.4, -0.2) is 61.2 Å². The molecule has 0 aliphatic carbocycles. The number of nitrogens with zero attached hydrogens (tertiary/aromatic N) is 5. The van der Waals surface area contributed by atoms with E-state index in [4.69, 9.17) is 14.2 Å². The van der Waals surface area contributed by atoms with Gasteiger partial charge in [-0.2, -0.15) is 44.5 Å². The molecule has 0 bridgehead atoms. The molecule has 50 heavy (non-hydrogen) atoms. The zero-order valence-electron chi connectivity index (χ0n) is 26.1. The second-order valence-electron chi connectivity index (χ2n) is 10.6. The lowest BCUT2D eigenvalue weighted by Gasteiger charge is -2.26. The summed E-state index contributed by atoms with van der Waals surface area (Å²) in [5.41, 5.74) is -4.89. The summed E-state index contributed by atoms with van der Waals surface area (Å²) in [6.07, 6.45) is -10.9. The molecule has 10 nitrogen and oxygen atoms in total. The van der Waals surface area contributed by atoms with Gasteiger partial charge in [0.25, 0.3) is 0 Å². The number of methoxy groups -OCH3 is 2. The third kappa shape index (κ3) is 9.85. The Bertz CT molecular complexity index is 1890. The van der Waals surface area contributed by atoms with Crippen LogP contribution in [0.25, 0.3) is 11.1 Å². The van der Waals surface area contributed by atoms with E-state index < -0.39 is 63.7 Å². The van der Waals surface area contributed by atoms with Gasteiger partial charge in [-0.05, 0) is 47.0 Å². The third-order valence-electron chi connectivity index (χ3n) is 6.83. The number of aromatic nitrogens is 4. The van der Waals surface area contributed by atoms with Gasteiger partial charge in [0.2, 0.25) is 11.8 Å². The van der Waals surface area contributed by atoms with Gasteiger partial charge in [-0.25, -0.2) is 23.4 Å². The van der Waals surface area contributed by atoms with Crippen LogP contribution in [0, 0.1) is 0 Å². The van der Waals surface area contributed by atoms with E-state index in [2.05, 4.69) is 19.9 Å². The van der Waals surface area contributed by atoms with Crippen molar-refractivity contribution in [2.24, 2.45) is 0 Å². The van der Waals surface area contributed by atoms with Crippen LogP contribution < -0.4 is 19.1 Å². The molecule has 2 aromatic carbocycles. The minimum atomic E-state index is -5.18. The van der Waals surface area contributed by atoms with Crippen LogP contribution in [0.3, 0.4) is 0 Å². The molecule has 0 unspecified atom stereocenters. The maximum atomic E-state index is 13.9. The van der Waals surface area contributed by atoms with Crippen molar-refractivity contribution < 1.29 is 62.1 Å². The van der Waals surface area contributed by atoms with E-state index in [9.17, 15) is 47.9 Å². The molecule has 270 valence electrons. The first-order chi connectivity index (χ1) is 23.2. The summed E-state index contributed by atoms with van der Waals surface area (Å²) in [5.74, 6) is -0.873. The van der Waals surface area contributed by atoms with Gasteiger partial charge in [0.1, 0.15) is 6.61 Å². The van der Waals surface area contributed by atoms with Gasteiger partial charge in [0, 0.05) is 25.5 Å². The molecule has 20 heteroatoms. The van der Waals surface area contributed by atoms with E-state index in [0.717, 1.165) is 41.7 Å². The van der Waals surface area contributed by atoms with Crippen molar-refractivity contribution in [3.8, 4) is 28.8 Å². The zero-order chi connectivity index (χ0) is 37.1. The van der Waals surface area contributed by atoms with E-state index in [0.29, 0.717) is 12.1 Å². The maximum Gasteiger partial charge on any atom is 0.416 e. The van der Waals surface area contributed by atoms with E-state index >= 15 is 0 Å². The third-order valence-corrected chi connectivity index (χ3v) is 7.74. The molecular weight excluding hydrogens is 713 g/mol. The smallest absolute Gasteiger partial charge is 0.416 e. The van der Waals surface area contributed by atoms with Crippen molar-refractivity contribution in [1.29, 1.82) is 0 Å². The first-order valence-corrected chi connectivity index (χ1v) is 16.1. The maximum absolute atomic E-state index is 13.9. The first kappa shape index (κ1) is 37.9. The lowest BCUT2D eigenvalue weighted by molar-refractivity contribution is -0.143. The van der Waals surface area contributed by atoms with Crippen LogP contribution in [0.2, 0.25) is 0 Å². The Morgan fingerprint density at radius 3 is 1.84 bits per heavy atom.